The molecule has 4 rings (SSSR count). The summed E-state index contributed by atoms with van der Waals surface area (Å²) in [6.45, 7) is 13.1. The van der Waals surface area contributed by atoms with E-state index in [2.05, 4.69) is 43.8 Å². The van der Waals surface area contributed by atoms with Gasteiger partial charge in [-0.3, -0.25) is 4.99 Å². The average Bonchev–Trinajstić information content (AvgIpc) is 3.48. The van der Waals surface area contributed by atoms with E-state index in [1.165, 1.54) is 12.3 Å². The molecule has 3 aliphatic rings. The first-order valence-corrected chi connectivity index (χ1v) is 12.4. The molecular formula is C27H36FN7O2. The van der Waals surface area contributed by atoms with Gasteiger partial charge in [-0.15, -0.1) is 0 Å². The Kier molecular flexibility index (Phi) is 8.30. The largest absolute Gasteiger partial charge is 0.484 e. The van der Waals surface area contributed by atoms with Crippen LogP contribution in [0, 0.1) is 5.82 Å². The Bertz CT molecular complexity index is 1130. The second-order valence-corrected chi connectivity index (χ2v) is 9.44. The molecule has 0 amide bonds. The fraction of sp³-hybridized carbons (Fsp3) is 0.407. The Balaban J connectivity index is 1.46. The number of nitrogens with zero attached hydrogens (tertiary/aromatic N) is 4. The molecule has 1 aromatic rings. The summed E-state index contributed by atoms with van der Waals surface area (Å²) in [5, 5.41) is 0. The summed E-state index contributed by atoms with van der Waals surface area (Å²) in [4.78, 5) is 13.2. The van der Waals surface area contributed by atoms with Crippen molar-refractivity contribution < 1.29 is 13.9 Å². The number of rotatable bonds is 10. The smallest absolute Gasteiger partial charge is 0.167 e. The number of piperazine rings is 1. The molecule has 0 unspecified atom stereocenters. The van der Waals surface area contributed by atoms with Crippen molar-refractivity contribution in [2.45, 2.75) is 31.4 Å². The van der Waals surface area contributed by atoms with Crippen LogP contribution in [0.15, 0.2) is 71.7 Å². The first-order valence-electron chi connectivity index (χ1n) is 12.4. The number of fused-ring (bicyclic) bond motifs is 1. The van der Waals surface area contributed by atoms with Crippen LogP contribution in [0.4, 0.5) is 10.1 Å². The molecule has 0 aromatic heterocycles. The number of hydrogen-bond acceptors (Lipinski definition) is 8. The molecule has 37 heavy (non-hydrogen) atoms. The van der Waals surface area contributed by atoms with Gasteiger partial charge in [0.25, 0.3) is 0 Å². The van der Waals surface area contributed by atoms with Gasteiger partial charge in [-0.1, -0.05) is 13.2 Å². The third kappa shape index (κ3) is 6.39. The molecule has 1 aromatic carbocycles. The van der Waals surface area contributed by atoms with Crippen molar-refractivity contribution in [2.75, 3.05) is 45.3 Å². The van der Waals surface area contributed by atoms with Gasteiger partial charge in [-0.05, 0) is 38.0 Å². The maximum atomic E-state index is 14.6. The van der Waals surface area contributed by atoms with E-state index in [9.17, 15) is 4.39 Å². The number of nitrogens with two attached hydrogens (primary N) is 1. The molecule has 10 heteroatoms. The van der Waals surface area contributed by atoms with Gasteiger partial charge in [-0.25, -0.2) is 14.8 Å². The van der Waals surface area contributed by atoms with E-state index < -0.39 is 5.82 Å². The summed E-state index contributed by atoms with van der Waals surface area (Å²) in [5.74, 6) is 1.26. The molecule has 2 heterocycles. The van der Waals surface area contributed by atoms with Gasteiger partial charge in [-0.2, -0.15) is 0 Å². The minimum Gasteiger partial charge on any atom is -0.484 e. The molecule has 2 aliphatic heterocycles. The number of hydrogen-bond donors (Lipinski definition) is 3. The van der Waals surface area contributed by atoms with Gasteiger partial charge in [0, 0.05) is 63.4 Å². The highest BCUT2D eigenvalue weighted by molar-refractivity contribution is 6.02. The molecule has 198 valence electrons. The minimum atomic E-state index is -0.395. The summed E-state index contributed by atoms with van der Waals surface area (Å²) in [5.41, 5.74) is 14.6. The number of amidine groups is 1. The molecule has 2 fully saturated rings. The maximum absolute atomic E-state index is 14.6. The van der Waals surface area contributed by atoms with Crippen molar-refractivity contribution in [2.24, 2.45) is 15.7 Å². The Hall–Kier alpha value is -3.63. The average molecular weight is 510 g/mol. The summed E-state index contributed by atoms with van der Waals surface area (Å²) in [6.07, 6.45) is 10.5. The quantitative estimate of drug-likeness (QED) is 0.328. The third-order valence-corrected chi connectivity index (χ3v) is 6.64. The normalized spacial score (nSPS) is 21.6. The fourth-order valence-corrected chi connectivity index (χ4v) is 4.27. The van der Waals surface area contributed by atoms with E-state index in [0.29, 0.717) is 36.9 Å². The second kappa shape index (κ2) is 11.6. The lowest BCUT2D eigenvalue weighted by molar-refractivity contribution is 0.191. The van der Waals surface area contributed by atoms with Crippen molar-refractivity contribution in [1.82, 2.24) is 15.2 Å². The molecular weight excluding hydrogens is 473 g/mol. The van der Waals surface area contributed by atoms with Crippen LogP contribution in [-0.4, -0.2) is 66.8 Å². The number of ether oxygens (including phenoxy) is 2. The van der Waals surface area contributed by atoms with Gasteiger partial charge in [0.1, 0.15) is 17.3 Å². The van der Waals surface area contributed by atoms with E-state index >= 15 is 0 Å². The van der Waals surface area contributed by atoms with Crippen LogP contribution >= 0.6 is 0 Å². The first-order chi connectivity index (χ1) is 17.9. The lowest BCUT2D eigenvalue weighted by Gasteiger charge is -2.37. The van der Waals surface area contributed by atoms with Crippen LogP contribution in [0.5, 0.6) is 5.75 Å². The van der Waals surface area contributed by atoms with Crippen LogP contribution in [0.1, 0.15) is 31.4 Å². The van der Waals surface area contributed by atoms with Crippen molar-refractivity contribution >= 4 is 17.2 Å². The van der Waals surface area contributed by atoms with Crippen molar-refractivity contribution in [3.63, 3.8) is 0 Å². The van der Waals surface area contributed by atoms with Crippen LogP contribution in [0.2, 0.25) is 0 Å². The van der Waals surface area contributed by atoms with Gasteiger partial charge >= 0.3 is 0 Å². The highest BCUT2D eigenvalue weighted by Gasteiger charge is 2.41. The molecule has 0 radical (unpaired) electrons. The Labute approximate surface area is 217 Å². The second-order valence-electron chi connectivity index (χ2n) is 9.44. The van der Waals surface area contributed by atoms with Gasteiger partial charge in [0.05, 0.1) is 24.0 Å². The summed E-state index contributed by atoms with van der Waals surface area (Å²) < 4.78 is 25.6. The van der Waals surface area contributed by atoms with E-state index in [1.54, 1.807) is 25.5 Å². The maximum Gasteiger partial charge on any atom is 0.167 e. The highest BCUT2D eigenvalue weighted by Crippen LogP contribution is 2.42. The number of benzene rings is 1. The van der Waals surface area contributed by atoms with E-state index in [1.807, 2.05) is 19.1 Å². The standard InChI is InChI=1S/C27H36FN7O2/c1-5-25(31-10-7-15-36-4)35-13-11-34(12-14-35)24(29)18-22(30-6-2)26-19-16-23(37-27(3)8-9-27)20(28)17-21(19)32-33-26/h5-7,10,16-18,26,32-33H,1-2,8-9,11-15,29H2,3-4H3/b10-7-,24-18+,30-22+,31-25+/t26-/m1/s1. The monoisotopic (exact) mass is 509 g/mol. The number of halogens is 1. The van der Waals surface area contributed by atoms with Gasteiger partial charge < -0.3 is 30.4 Å². The van der Waals surface area contributed by atoms with E-state index in [0.717, 1.165) is 37.3 Å². The molecule has 0 spiro atoms. The fourth-order valence-electron chi connectivity index (χ4n) is 4.27. The molecule has 0 bridgehead atoms. The number of anilines is 1. The topological polar surface area (TPSA) is 99.7 Å². The predicted octanol–water partition coefficient (Wildman–Crippen LogP) is 3.48. The van der Waals surface area contributed by atoms with Crippen molar-refractivity contribution in [1.29, 1.82) is 0 Å². The van der Waals surface area contributed by atoms with Crippen molar-refractivity contribution in [3.05, 3.63) is 73.1 Å². The Morgan fingerprint density at radius 1 is 1.22 bits per heavy atom. The van der Waals surface area contributed by atoms with E-state index in [-0.39, 0.29) is 17.4 Å². The summed E-state index contributed by atoms with van der Waals surface area (Å²) in [7, 11) is 1.64. The molecule has 1 saturated carbocycles. The van der Waals surface area contributed by atoms with Crippen molar-refractivity contribution in [3.8, 4) is 5.75 Å². The van der Waals surface area contributed by atoms with Crippen LogP contribution in [0.25, 0.3) is 0 Å². The highest BCUT2D eigenvalue weighted by atomic mass is 19.1. The molecule has 1 aliphatic carbocycles. The van der Waals surface area contributed by atoms with Crippen LogP contribution in [0.3, 0.4) is 0 Å². The van der Waals surface area contributed by atoms with Crippen LogP contribution in [-0.2, 0) is 4.74 Å². The molecule has 9 nitrogen and oxygen atoms in total. The Morgan fingerprint density at radius 2 is 1.95 bits per heavy atom. The lowest BCUT2D eigenvalue weighted by Crippen LogP contribution is -2.49. The van der Waals surface area contributed by atoms with E-state index in [4.69, 9.17) is 15.2 Å². The van der Waals surface area contributed by atoms with Crippen LogP contribution < -0.4 is 21.3 Å². The number of nitrogens with one attached hydrogen (secondary N) is 2. The summed E-state index contributed by atoms with van der Waals surface area (Å²) in [6, 6.07) is 2.84. The third-order valence-electron chi connectivity index (χ3n) is 6.64. The predicted molar refractivity (Wildman–Crippen MR) is 146 cm³/mol. The first kappa shape index (κ1) is 26.4. The van der Waals surface area contributed by atoms with Gasteiger partial charge in [0.2, 0.25) is 0 Å². The summed E-state index contributed by atoms with van der Waals surface area (Å²) >= 11 is 0. The molecule has 4 N–H and O–H groups in total. The zero-order chi connectivity index (χ0) is 26.4. The SMILES string of the molecule is C=C/N=C(\C=C(/N)N1CCN(/C(C=C)=N/C=C\COC)CC1)[C@@H]1NNc2cc(F)c(OC3(C)CC3)cc21. The Morgan fingerprint density at radius 3 is 2.59 bits per heavy atom. The zero-order valence-corrected chi connectivity index (χ0v) is 21.5. The zero-order valence-electron chi connectivity index (χ0n) is 21.5. The number of hydrazine groups is 1. The number of methoxy groups -OCH3 is 1. The lowest BCUT2D eigenvalue weighted by atomic mass is 10.0. The van der Waals surface area contributed by atoms with Gasteiger partial charge in [0.15, 0.2) is 11.6 Å². The molecule has 1 saturated heterocycles. The number of aliphatic imine (C=N–C) groups is 2. The molecule has 1 atom stereocenters. The minimum absolute atomic E-state index is 0.247.